The van der Waals surface area contributed by atoms with Gasteiger partial charge in [-0.25, -0.2) is 4.90 Å². The summed E-state index contributed by atoms with van der Waals surface area (Å²) in [7, 11) is 0. The van der Waals surface area contributed by atoms with Gasteiger partial charge in [0, 0.05) is 46.4 Å². The smallest absolute Gasteiger partial charge is 0.265 e. The summed E-state index contributed by atoms with van der Waals surface area (Å²) >= 11 is 3.42. The molecule has 7 rings (SSSR count). The topological polar surface area (TPSA) is 45.6 Å². The lowest BCUT2D eigenvalue weighted by atomic mass is 9.92. The lowest BCUT2D eigenvalue weighted by Gasteiger charge is -2.31. The van der Waals surface area contributed by atoms with E-state index in [0.29, 0.717) is 16.8 Å². The van der Waals surface area contributed by atoms with E-state index in [1.807, 2.05) is 42.5 Å². The first-order valence-corrected chi connectivity index (χ1v) is 19.5. The van der Waals surface area contributed by atoms with Gasteiger partial charge >= 0.3 is 0 Å². The normalized spacial score (nSPS) is 12.7. The Morgan fingerprint density at radius 1 is 0.571 bits per heavy atom. The van der Waals surface area contributed by atoms with Gasteiger partial charge in [0.1, 0.15) is 0 Å². The Kier molecular flexibility index (Phi) is 10.1. The van der Waals surface area contributed by atoms with Crippen LogP contribution in [0, 0.1) is 0 Å². The lowest BCUT2D eigenvalue weighted by Crippen LogP contribution is -2.40. The van der Waals surface area contributed by atoms with Crippen molar-refractivity contribution < 1.29 is 9.59 Å². The predicted octanol–water partition coefficient (Wildman–Crippen LogP) is 11.9. The van der Waals surface area contributed by atoms with Crippen molar-refractivity contribution in [1.29, 1.82) is 0 Å². The van der Waals surface area contributed by atoms with Gasteiger partial charge in [0.25, 0.3) is 11.8 Å². The molecular formula is C42H43N3O2S2. The van der Waals surface area contributed by atoms with Crippen LogP contribution in [0.25, 0.3) is 37.6 Å². The van der Waals surface area contributed by atoms with Crippen molar-refractivity contribution in [1.82, 2.24) is 4.57 Å². The fraction of sp³-hybridized carbons (Fsp3) is 0.286. The third kappa shape index (κ3) is 6.50. The van der Waals surface area contributed by atoms with Gasteiger partial charge in [0.2, 0.25) is 0 Å². The van der Waals surface area contributed by atoms with Crippen LogP contribution < -0.4 is 9.80 Å². The van der Waals surface area contributed by atoms with E-state index in [1.165, 1.54) is 53.2 Å². The average Bonchev–Trinajstić information content (AvgIpc) is 3.93. The Morgan fingerprint density at radius 2 is 1.14 bits per heavy atom. The maximum absolute atomic E-state index is 14.2. The maximum Gasteiger partial charge on any atom is 0.265 e. The largest absolute Gasteiger partial charge is 0.371 e. The van der Waals surface area contributed by atoms with Crippen LogP contribution in [-0.4, -0.2) is 29.5 Å². The molecule has 5 nitrogen and oxygen atoms in total. The zero-order chi connectivity index (χ0) is 33.7. The van der Waals surface area contributed by atoms with E-state index in [2.05, 4.69) is 82.6 Å². The van der Waals surface area contributed by atoms with Gasteiger partial charge in [-0.1, -0.05) is 76.6 Å². The summed E-state index contributed by atoms with van der Waals surface area (Å²) in [6, 6.07) is 30.5. The molecule has 6 aromatic rings. The van der Waals surface area contributed by atoms with Crippen LogP contribution >= 0.6 is 22.7 Å². The minimum absolute atomic E-state index is 0.273. The molecule has 0 N–H and O–H groups in total. The fourth-order valence-corrected chi connectivity index (χ4v) is 8.58. The molecule has 0 atom stereocenters. The van der Waals surface area contributed by atoms with Gasteiger partial charge in [0.15, 0.2) is 0 Å². The molecule has 0 radical (unpaired) electrons. The number of hydrogen-bond donors (Lipinski definition) is 0. The molecule has 0 fully saturated rings. The van der Waals surface area contributed by atoms with Crippen molar-refractivity contribution in [3.05, 3.63) is 113 Å². The zero-order valence-electron chi connectivity index (χ0n) is 28.4. The lowest BCUT2D eigenvalue weighted by molar-refractivity contribution is 0.0893. The number of nitrogens with zero attached hydrogens (tertiary/aromatic N) is 3. The number of anilines is 2. The van der Waals surface area contributed by atoms with Crippen LogP contribution in [0.15, 0.2) is 102 Å². The molecule has 7 heteroatoms. The third-order valence-corrected chi connectivity index (χ3v) is 11.4. The number of carbonyl (C=O) groups is 2. The highest BCUT2D eigenvalue weighted by atomic mass is 32.1. The number of amides is 2. The summed E-state index contributed by atoms with van der Waals surface area (Å²) in [5.41, 5.74) is 6.06. The Balaban J connectivity index is 1.22. The SMILES string of the molecule is CCCCCCN(CCCCCC)c1ccc2c3c(cccc13)C(=O)N(c1ccc(-n3c(-c4cccs4)ccc3-c3cccs3)cc1)C2=O. The summed E-state index contributed by atoms with van der Waals surface area (Å²) in [5, 5.41) is 5.96. The Bertz CT molecular complexity index is 1960. The summed E-state index contributed by atoms with van der Waals surface area (Å²) in [6.45, 7) is 6.45. The van der Waals surface area contributed by atoms with Gasteiger partial charge in [-0.05, 0) is 90.3 Å². The number of rotatable bonds is 15. The van der Waals surface area contributed by atoms with Crippen LogP contribution in [0.5, 0.6) is 0 Å². The van der Waals surface area contributed by atoms with E-state index in [9.17, 15) is 9.59 Å². The second-order valence-corrected chi connectivity index (χ2v) is 14.7. The van der Waals surface area contributed by atoms with Crippen LogP contribution in [-0.2, 0) is 0 Å². The molecule has 0 spiro atoms. The van der Waals surface area contributed by atoms with Crippen molar-refractivity contribution in [3.8, 4) is 26.8 Å². The molecule has 0 unspecified atom stereocenters. The standard InChI is InChI=1S/C42H43N3O2S2/c1-3-5-7-9-26-43(27-10-8-6-4-2)35-23-22-34-40-32(35)14-11-15-33(40)41(46)45(42(34)47)31-20-18-30(19-21-31)44-36(38-16-12-28-48-38)24-25-37(44)39-17-13-29-49-39/h11-25,28-29H,3-10,26-27H2,1-2H3. The van der Waals surface area contributed by atoms with Crippen LogP contribution in [0.2, 0.25) is 0 Å². The number of unbranched alkanes of at least 4 members (excludes halogenated alkanes) is 6. The Morgan fingerprint density at radius 3 is 1.69 bits per heavy atom. The molecular weight excluding hydrogens is 643 g/mol. The Hall–Kier alpha value is -4.46. The van der Waals surface area contributed by atoms with Crippen molar-refractivity contribution in [2.75, 3.05) is 22.9 Å². The highest BCUT2D eigenvalue weighted by Crippen LogP contribution is 2.40. The Labute approximate surface area is 297 Å². The number of benzene rings is 3. The molecule has 0 aliphatic carbocycles. The highest BCUT2D eigenvalue weighted by molar-refractivity contribution is 7.14. The first kappa shape index (κ1) is 33.1. The zero-order valence-corrected chi connectivity index (χ0v) is 30.0. The summed E-state index contributed by atoms with van der Waals surface area (Å²) in [6.07, 6.45) is 9.59. The van der Waals surface area contributed by atoms with Crippen molar-refractivity contribution in [2.24, 2.45) is 0 Å². The fourth-order valence-electron chi connectivity index (χ4n) is 7.10. The second-order valence-electron chi connectivity index (χ2n) is 12.8. The maximum atomic E-state index is 14.2. The molecule has 3 aromatic heterocycles. The van der Waals surface area contributed by atoms with E-state index in [4.69, 9.17) is 0 Å². The summed E-state index contributed by atoms with van der Waals surface area (Å²) in [4.78, 5) is 34.6. The molecule has 4 heterocycles. The molecule has 0 bridgehead atoms. The van der Waals surface area contributed by atoms with Gasteiger partial charge in [0.05, 0.1) is 26.8 Å². The van der Waals surface area contributed by atoms with E-state index in [0.717, 1.165) is 59.5 Å². The van der Waals surface area contributed by atoms with E-state index >= 15 is 0 Å². The van der Waals surface area contributed by atoms with E-state index < -0.39 is 0 Å². The molecule has 1 aliphatic rings. The number of hydrogen-bond acceptors (Lipinski definition) is 5. The molecule has 3 aromatic carbocycles. The second kappa shape index (κ2) is 15.0. The molecule has 49 heavy (non-hydrogen) atoms. The van der Waals surface area contributed by atoms with Crippen LogP contribution in [0.3, 0.4) is 0 Å². The number of thiophene rings is 2. The first-order chi connectivity index (χ1) is 24.1. The third-order valence-electron chi connectivity index (χ3n) is 9.58. The molecule has 250 valence electrons. The van der Waals surface area contributed by atoms with Gasteiger partial charge in [-0.15, -0.1) is 22.7 Å². The average molecular weight is 686 g/mol. The number of imide groups is 1. The van der Waals surface area contributed by atoms with Crippen LogP contribution in [0.1, 0.15) is 85.9 Å². The minimum atomic E-state index is -0.273. The van der Waals surface area contributed by atoms with Crippen LogP contribution in [0.4, 0.5) is 11.4 Å². The van der Waals surface area contributed by atoms with E-state index in [1.54, 1.807) is 22.7 Å². The molecule has 0 saturated carbocycles. The van der Waals surface area contributed by atoms with Crippen molar-refractivity contribution >= 4 is 56.6 Å². The molecule has 0 saturated heterocycles. The first-order valence-electron chi connectivity index (χ1n) is 17.7. The highest BCUT2D eigenvalue weighted by Gasteiger charge is 2.35. The predicted molar refractivity (Wildman–Crippen MR) is 208 cm³/mol. The summed E-state index contributed by atoms with van der Waals surface area (Å²) in [5.74, 6) is -0.546. The van der Waals surface area contributed by atoms with Gasteiger partial charge in [-0.3, -0.25) is 9.59 Å². The molecule has 1 aliphatic heterocycles. The van der Waals surface area contributed by atoms with Crippen molar-refractivity contribution in [3.63, 3.8) is 0 Å². The van der Waals surface area contributed by atoms with Crippen molar-refractivity contribution in [2.45, 2.75) is 65.2 Å². The number of carbonyl (C=O) groups excluding carboxylic acids is 2. The quantitative estimate of drug-likeness (QED) is 0.0798. The minimum Gasteiger partial charge on any atom is -0.371 e. The number of aromatic nitrogens is 1. The molecule has 2 amide bonds. The van der Waals surface area contributed by atoms with Gasteiger partial charge in [-0.2, -0.15) is 0 Å². The van der Waals surface area contributed by atoms with E-state index in [-0.39, 0.29) is 11.8 Å². The monoisotopic (exact) mass is 685 g/mol. The summed E-state index contributed by atoms with van der Waals surface area (Å²) < 4.78 is 2.26. The van der Waals surface area contributed by atoms with Gasteiger partial charge < -0.3 is 9.47 Å².